The van der Waals surface area contributed by atoms with Crippen molar-refractivity contribution in [3.05, 3.63) is 40.5 Å². The van der Waals surface area contributed by atoms with Crippen LogP contribution in [0.2, 0.25) is 0 Å². The van der Waals surface area contributed by atoms with Gasteiger partial charge in [-0.2, -0.15) is 10.1 Å². The number of fused-ring (bicyclic) bond motifs is 1. The van der Waals surface area contributed by atoms with Crippen molar-refractivity contribution in [2.75, 3.05) is 13.7 Å². The molecule has 27 heavy (non-hydrogen) atoms. The van der Waals surface area contributed by atoms with Crippen molar-refractivity contribution in [1.29, 1.82) is 0 Å². The molecule has 1 aromatic carbocycles. The Hall–Kier alpha value is -2.94. The Kier molecular flexibility index (Phi) is 5.41. The van der Waals surface area contributed by atoms with E-state index in [1.54, 1.807) is 29.4 Å². The lowest BCUT2D eigenvalue weighted by atomic mass is 10.3. The Morgan fingerprint density at radius 2 is 2.11 bits per heavy atom. The summed E-state index contributed by atoms with van der Waals surface area (Å²) in [5.41, 5.74) is 1.80. The van der Waals surface area contributed by atoms with Gasteiger partial charge in [0.15, 0.2) is 10.5 Å². The second-order valence-electron chi connectivity index (χ2n) is 5.86. The quantitative estimate of drug-likeness (QED) is 0.625. The van der Waals surface area contributed by atoms with Gasteiger partial charge in [0.1, 0.15) is 12.3 Å². The van der Waals surface area contributed by atoms with Gasteiger partial charge in [-0.15, -0.1) is 0 Å². The Morgan fingerprint density at radius 3 is 2.74 bits per heavy atom. The van der Waals surface area contributed by atoms with Crippen LogP contribution in [-0.4, -0.2) is 39.9 Å². The summed E-state index contributed by atoms with van der Waals surface area (Å²) in [7, 11) is 3.07. The number of methoxy groups -OCH3 is 1. The molecule has 0 atom stereocenters. The Morgan fingerprint density at radius 1 is 1.33 bits per heavy atom. The SMILES string of the molecule is CCOc1ccc2c(c1)sc(=NC(=O)c1nn(C)cc1C)n2CC(=O)OC. The van der Waals surface area contributed by atoms with E-state index < -0.39 is 11.9 Å². The van der Waals surface area contributed by atoms with Crippen molar-refractivity contribution < 1.29 is 19.1 Å². The molecule has 8 nitrogen and oxygen atoms in total. The highest BCUT2D eigenvalue weighted by Crippen LogP contribution is 2.23. The monoisotopic (exact) mass is 388 g/mol. The molecule has 2 heterocycles. The smallest absolute Gasteiger partial charge is 0.325 e. The number of hydrogen-bond acceptors (Lipinski definition) is 6. The van der Waals surface area contributed by atoms with Crippen LogP contribution in [0.5, 0.6) is 5.75 Å². The van der Waals surface area contributed by atoms with Gasteiger partial charge >= 0.3 is 5.97 Å². The predicted molar refractivity (Wildman–Crippen MR) is 101 cm³/mol. The molecule has 0 aliphatic carbocycles. The highest BCUT2D eigenvalue weighted by molar-refractivity contribution is 7.16. The maximum Gasteiger partial charge on any atom is 0.325 e. The maximum atomic E-state index is 12.6. The van der Waals surface area contributed by atoms with Crippen molar-refractivity contribution in [1.82, 2.24) is 14.3 Å². The first-order valence-electron chi connectivity index (χ1n) is 8.35. The zero-order chi connectivity index (χ0) is 19.6. The number of aryl methyl sites for hydroxylation is 2. The zero-order valence-electron chi connectivity index (χ0n) is 15.6. The number of nitrogens with zero attached hydrogens (tertiary/aromatic N) is 4. The van der Waals surface area contributed by atoms with E-state index in [2.05, 4.69) is 10.1 Å². The van der Waals surface area contributed by atoms with Crippen LogP contribution in [0.15, 0.2) is 29.4 Å². The van der Waals surface area contributed by atoms with Crippen LogP contribution in [0.25, 0.3) is 10.2 Å². The number of aromatic nitrogens is 3. The topological polar surface area (TPSA) is 87.7 Å². The van der Waals surface area contributed by atoms with Crippen molar-refractivity contribution in [2.45, 2.75) is 20.4 Å². The molecule has 0 radical (unpaired) electrons. The minimum Gasteiger partial charge on any atom is -0.494 e. The third-order valence-electron chi connectivity index (χ3n) is 3.89. The predicted octanol–water partition coefficient (Wildman–Crippen LogP) is 2.06. The van der Waals surface area contributed by atoms with Gasteiger partial charge in [-0.3, -0.25) is 14.3 Å². The van der Waals surface area contributed by atoms with E-state index in [-0.39, 0.29) is 12.2 Å². The van der Waals surface area contributed by atoms with Crippen LogP contribution in [0.3, 0.4) is 0 Å². The maximum absolute atomic E-state index is 12.6. The van der Waals surface area contributed by atoms with Gasteiger partial charge in [-0.05, 0) is 32.0 Å². The van der Waals surface area contributed by atoms with Crippen LogP contribution < -0.4 is 9.54 Å². The van der Waals surface area contributed by atoms with Gasteiger partial charge in [0.25, 0.3) is 5.91 Å². The molecule has 0 spiro atoms. The lowest BCUT2D eigenvalue weighted by Gasteiger charge is -2.05. The second-order valence-corrected chi connectivity index (χ2v) is 6.87. The molecule has 0 unspecified atom stereocenters. The molecule has 0 aliphatic rings. The second kappa shape index (κ2) is 7.75. The third kappa shape index (κ3) is 3.92. The fraction of sp³-hybridized carbons (Fsp3) is 0.333. The van der Waals surface area contributed by atoms with Crippen molar-refractivity contribution in [3.8, 4) is 5.75 Å². The van der Waals surface area contributed by atoms with E-state index in [0.717, 1.165) is 21.5 Å². The number of hydrogen-bond donors (Lipinski definition) is 0. The van der Waals surface area contributed by atoms with Gasteiger partial charge in [0.2, 0.25) is 0 Å². The standard InChI is InChI=1S/C18H20N4O4S/c1-5-26-12-6-7-13-14(8-12)27-18(22(13)10-15(23)25-4)19-17(24)16-11(2)9-21(3)20-16/h6-9H,5,10H2,1-4H3. The highest BCUT2D eigenvalue weighted by atomic mass is 32.1. The average Bonchev–Trinajstić information content (AvgIpc) is 3.14. The summed E-state index contributed by atoms with van der Waals surface area (Å²) >= 11 is 1.31. The first kappa shape index (κ1) is 18.8. The molecule has 0 fully saturated rings. The summed E-state index contributed by atoms with van der Waals surface area (Å²) in [6.45, 7) is 4.22. The van der Waals surface area contributed by atoms with E-state index in [1.807, 2.05) is 25.1 Å². The molecule has 142 valence electrons. The summed E-state index contributed by atoms with van der Waals surface area (Å²) in [5, 5.41) is 4.16. The van der Waals surface area contributed by atoms with Crippen LogP contribution in [0.1, 0.15) is 23.0 Å². The molecule has 9 heteroatoms. The first-order chi connectivity index (χ1) is 12.9. The fourth-order valence-corrected chi connectivity index (χ4v) is 3.76. The van der Waals surface area contributed by atoms with E-state index >= 15 is 0 Å². The fourth-order valence-electron chi connectivity index (χ4n) is 2.70. The van der Waals surface area contributed by atoms with Crippen LogP contribution in [-0.2, 0) is 23.1 Å². The van der Waals surface area contributed by atoms with E-state index in [1.165, 1.54) is 18.4 Å². The Balaban J connectivity index is 2.14. The first-order valence-corrected chi connectivity index (χ1v) is 9.17. The number of rotatable bonds is 5. The van der Waals surface area contributed by atoms with Gasteiger partial charge in [0.05, 0.1) is 23.9 Å². The lowest BCUT2D eigenvalue weighted by Crippen LogP contribution is -2.22. The van der Waals surface area contributed by atoms with E-state index in [9.17, 15) is 9.59 Å². The lowest BCUT2D eigenvalue weighted by molar-refractivity contribution is -0.141. The average molecular weight is 388 g/mol. The number of thiazole rings is 1. The minimum absolute atomic E-state index is 0.0439. The van der Waals surface area contributed by atoms with Crippen molar-refractivity contribution in [3.63, 3.8) is 0 Å². The molecule has 3 rings (SSSR count). The van der Waals surface area contributed by atoms with Gasteiger partial charge < -0.3 is 14.0 Å². The molecular weight excluding hydrogens is 368 g/mol. The molecule has 0 N–H and O–H groups in total. The number of esters is 1. The summed E-state index contributed by atoms with van der Waals surface area (Å²) in [4.78, 5) is 29.1. The van der Waals surface area contributed by atoms with Gasteiger partial charge in [-0.25, -0.2) is 0 Å². The molecule has 2 aromatic heterocycles. The summed E-state index contributed by atoms with van der Waals surface area (Å²) in [5.74, 6) is -0.162. The number of carbonyl (C=O) groups excluding carboxylic acids is 2. The highest BCUT2D eigenvalue weighted by Gasteiger charge is 2.16. The molecule has 0 saturated carbocycles. The van der Waals surface area contributed by atoms with Gasteiger partial charge in [-0.1, -0.05) is 11.3 Å². The molecule has 1 amide bonds. The minimum atomic E-state index is -0.455. The number of benzene rings is 1. The molecule has 0 bridgehead atoms. The Bertz CT molecular complexity index is 1080. The van der Waals surface area contributed by atoms with Crippen LogP contribution in [0, 0.1) is 6.92 Å². The summed E-state index contributed by atoms with van der Waals surface area (Å²) in [6, 6.07) is 5.53. The molecule has 0 saturated heterocycles. The summed E-state index contributed by atoms with van der Waals surface area (Å²) in [6.07, 6.45) is 1.75. The number of ether oxygens (including phenoxy) is 2. The molecule has 0 aliphatic heterocycles. The molecular formula is C18H20N4O4S. The summed E-state index contributed by atoms with van der Waals surface area (Å²) < 4.78 is 14.4. The van der Waals surface area contributed by atoms with E-state index in [4.69, 9.17) is 9.47 Å². The normalized spacial score (nSPS) is 11.8. The Labute approximate surface area is 159 Å². The zero-order valence-corrected chi connectivity index (χ0v) is 16.4. The van der Waals surface area contributed by atoms with E-state index in [0.29, 0.717) is 11.4 Å². The van der Waals surface area contributed by atoms with Crippen LogP contribution in [0.4, 0.5) is 0 Å². The van der Waals surface area contributed by atoms with Gasteiger partial charge in [0, 0.05) is 18.8 Å². The number of carbonyl (C=O) groups is 2. The largest absolute Gasteiger partial charge is 0.494 e. The third-order valence-corrected chi connectivity index (χ3v) is 4.93. The number of amides is 1. The van der Waals surface area contributed by atoms with Crippen molar-refractivity contribution in [2.24, 2.45) is 12.0 Å². The molecule has 3 aromatic rings. The van der Waals surface area contributed by atoms with Crippen molar-refractivity contribution >= 4 is 33.4 Å². The van der Waals surface area contributed by atoms with Crippen LogP contribution >= 0.6 is 11.3 Å².